The number of halogens is 1. The molecule has 0 aromatic heterocycles. The van der Waals surface area contributed by atoms with Gasteiger partial charge >= 0.3 is 0 Å². The molecule has 0 spiro atoms. The summed E-state index contributed by atoms with van der Waals surface area (Å²) in [6.07, 6.45) is 5.57. The van der Waals surface area contributed by atoms with E-state index in [0.717, 1.165) is 24.0 Å². The Morgan fingerprint density at radius 1 is 1.44 bits per heavy atom. The van der Waals surface area contributed by atoms with Crippen LogP contribution in [0.15, 0.2) is 28.7 Å². The Morgan fingerprint density at radius 2 is 2.28 bits per heavy atom. The lowest BCUT2D eigenvalue weighted by Crippen LogP contribution is -2.30. The fourth-order valence-corrected chi connectivity index (χ4v) is 2.52. The van der Waals surface area contributed by atoms with Crippen molar-refractivity contribution in [2.45, 2.75) is 44.8 Å². The second-order valence-corrected chi connectivity index (χ2v) is 5.85. The molecular weight excluding hydrogens is 290 g/mol. The fraction of sp³-hybridized carbons (Fsp3) is 0.600. The summed E-state index contributed by atoms with van der Waals surface area (Å²) >= 11 is 3.53. The van der Waals surface area contributed by atoms with Crippen LogP contribution < -0.4 is 5.32 Å². The maximum atomic E-state index is 6.19. The molecule has 3 heteroatoms. The first kappa shape index (κ1) is 14.0. The van der Waals surface area contributed by atoms with Crippen molar-refractivity contribution in [2.75, 3.05) is 13.1 Å². The maximum absolute atomic E-state index is 6.19. The first-order chi connectivity index (χ1) is 8.79. The average molecular weight is 312 g/mol. The van der Waals surface area contributed by atoms with E-state index in [4.69, 9.17) is 4.74 Å². The van der Waals surface area contributed by atoms with Crippen LogP contribution in [-0.2, 0) is 4.74 Å². The highest BCUT2D eigenvalue weighted by Gasteiger charge is 2.23. The molecule has 2 rings (SSSR count). The summed E-state index contributed by atoms with van der Waals surface area (Å²) in [4.78, 5) is 0. The van der Waals surface area contributed by atoms with Gasteiger partial charge in [-0.1, -0.05) is 35.0 Å². The first-order valence-electron chi connectivity index (χ1n) is 6.91. The van der Waals surface area contributed by atoms with Gasteiger partial charge in [-0.25, -0.2) is 0 Å². The fourth-order valence-electron chi connectivity index (χ4n) is 2.10. The third-order valence-corrected chi connectivity index (χ3v) is 3.88. The van der Waals surface area contributed by atoms with Crippen LogP contribution in [0.4, 0.5) is 0 Å². The van der Waals surface area contributed by atoms with E-state index in [2.05, 4.69) is 52.4 Å². The van der Waals surface area contributed by atoms with Crippen molar-refractivity contribution in [3.05, 3.63) is 34.3 Å². The third-order valence-electron chi connectivity index (χ3n) is 3.39. The summed E-state index contributed by atoms with van der Waals surface area (Å²) in [6, 6.07) is 8.46. The molecule has 0 saturated heterocycles. The zero-order valence-electron chi connectivity index (χ0n) is 11.0. The molecule has 0 radical (unpaired) electrons. The maximum Gasteiger partial charge on any atom is 0.0953 e. The molecule has 1 aliphatic carbocycles. The molecule has 1 fully saturated rings. The monoisotopic (exact) mass is 311 g/mol. The van der Waals surface area contributed by atoms with E-state index in [9.17, 15) is 0 Å². The van der Waals surface area contributed by atoms with Gasteiger partial charge in [0.1, 0.15) is 0 Å². The molecule has 2 nitrogen and oxygen atoms in total. The van der Waals surface area contributed by atoms with E-state index >= 15 is 0 Å². The molecule has 0 aliphatic heterocycles. The largest absolute Gasteiger partial charge is 0.369 e. The van der Waals surface area contributed by atoms with Crippen molar-refractivity contribution in [3.8, 4) is 0 Å². The lowest BCUT2D eigenvalue weighted by atomic mass is 9.95. The second-order valence-electron chi connectivity index (χ2n) is 4.94. The van der Waals surface area contributed by atoms with E-state index in [1.165, 1.54) is 24.8 Å². The topological polar surface area (TPSA) is 21.3 Å². The Bertz CT molecular complexity index is 365. The zero-order valence-corrected chi connectivity index (χ0v) is 12.6. The van der Waals surface area contributed by atoms with Crippen molar-refractivity contribution < 1.29 is 4.74 Å². The van der Waals surface area contributed by atoms with Crippen LogP contribution in [0.1, 0.15) is 44.3 Å². The molecule has 0 bridgehead atoms. The SMILES string of the molecule is CCCNCC(OC1CCC1)c1cccc(Br)c1. The molecule has 1 atom stereocenters. The van der Waals surface area contributed by atoms with Crippen LogP contribution in [0.5, 0.6) is 0 Å². The van der Waals surface area contributed by atoms with E-state index in [0.29, 0.717) is 6.10 Å². The van der Waals surface area contributed by atoms with Crippen LogP contribution in [0.2, 0.25) is 0 Å². The van der Waals surface area contributed by atoms with Gasteiger partial charge in [0, 0.05) is 11.0 Å². The molecular formula is C15H22BrNO. The van der Waals surface area contributed by atoms with E-state index in [-0.39, 0.29) is 6.10 Å². The zero-order chi connectivity index (χ0) is 12.8. The highest BCUT2D eigenvalue weighted by molar-refractivity contribution is 9.10. The number of hydrogen-bond donors (Lipinski definition) is 1. The van der Waals surface area contributed by atoms with Crippen LogP contribution in [0, 0.1) is 0 Å². The molecule has 1 aromatic rings. The minimum Gasteiger partial charge on any atom is -0.369 e. The predicted octanol–water partition coefficient (Wildman–Crippen LogP) is 4.06. The van der Waals surface area contributed by atoms with Crippen molar-refractivity contribution in [1.82, 2.24) is 5.32 Å². The Hall–Kier alpha value is -0.380. The van der Waals surface area contributed by atoms with Crippen LogP contribution in [0.3, 0.4) is 0 Å². The smallest absolute Gasteiger partial charge is 0.0953 e. The molecule has 1 aliphatic rings. The van der Waals surface area contributed by atoms with E-state index < -0.39 is 0 Å². The van der Waals surface area contributed by atoms with Gasteiger partial charge in [-0.3, -0.25) is 0 Å². The summed E-state index contributed by atoms with van der Waals surface area (Å²) in [6.45, 7) is 4.15. The van der Waals surface area contributed by atoms with Crippen molar-refractivity contribution in [1.29, 1.82) is 0 Å². The van der Waals surface area contributed by atoms with Gasteiger partial charge in [0.05, 0.1) is 12.2 Å². The van der Waals surface area contributed by atoms with Crippen molar-refractivity contribution in [2.24, 2.45) is 0 Å². The van der Waals surface area contributed by atoms with Gasteiger partial charge in [0.25, 0.3) is 0 Å². The molecule has 1 saturated carbocycles. The molecule has 100 valence electrons. The normalized spacial score (nSPS) is 17.4. The van der Waals surface area contributed by atoms with Crippen LogP contribution >= 0.6 is 15.9 Å². The summed E-state index contributed by atoms with van der Waals surface area (Å²) in [7, 11) is 0. The molecule has 1 N–H and O–H groups in total. The quantitative estimate of drug-likeness (QED) is 0.767. The second kappa shape index (κ2) is 7.27. The molecule has 18 heavy (non-hydrogen) atoms. The van der Waals surface area contributed by atoms with Gasteiger partial charge in [0.2, 0.25) is 0 Å². The highest BCUT2D eigenvalue weighted by Crippen LogP contribution is 2.29. The first-order valence-corrected chi connectivity index (χ1v) is 7.70. The Kier molecular flexibility index (Phi) is 5.67. The number of hydrogen-bond acceptors (Lipinski definition) is 2. The summed E-state index contributed by atoms with van der Waals surface area (Å²) in [5.74, 6) is 0. The number of ether oxygens (including phenoxy) is 1. The lowest BCUT2D eigenvalue weighted by molar-refractivity contribution is -0.0519. The van der Waals surface area contributed by atoms with E-state index in [1.807, 2.05) is 0 Å². The van der Waals surface area contributed by atoms with Gasteiger partial charge in [-0.05, 0) is 49.9 Å². The molecule has 1 unspecified atom stereocenters. The average Bonchev–Trinajstić information content (AvgIpc) is 2.31. The Balaban J connectivity index is 1.97. The highest BCUT2D eigenvalue weighted by atomic mass is 79.9. The predicted molar refractivity (Wildman–Crippen MR) is 78.8 cm³/mol. The number of rotatable bonds is 7. The van der Waals surface area contributed by atoms with Crippen molar-refractivity contribution in [3.63, 3.8) is 0 Å². The van der Waals surface area contributed by atoms with Crippen molar-refractivity contribution >= 4 is 15.9 Å². The summed E-state index contributed by atoms with van der Waals surface area (Å²) < 4.78 is 7.31. The lowest BCUT2D eigenvalue weighted by Gasteiger charge is -2.31. The molecule has 0 amide bonds. The number of benzene rings is 1. The van der Waals surface area contributed by atoms with Crippen LogP contribution in [-0.4, -0.2) is 19.2 Å². The summed E-state index contributed by atoms with van der Waals surface area (Å²) in [5, 5.41) is 3.47. The minimum atomic E-state index is 0.180. The van der Waals surface area contributed by atoms with Gasteiger partial charge in [0.15, 0.2) is 0 Å². The molecule has 1 aromatic carbocycles. The molecule has 0 heterocycles. The Morgan fingerprint density at radius 3 is 2.89 bits per heavy atom. The van der Waals surface area contributed by atoms with Gasteiger partial charge in [-0.15, -0.1) is 0 Å². The third kappa shape index (κ3) is 4.08. The number of nitrogens with one attached hydrogen (secondary N) is 1. The van der Waals surface area contributed by atoms with Crippen LogP contribution in [0.25, 0.3) is 0 Å². The minimum absolute atomic E-state index is 0.180. The van der Waals surface area contributed by atoms with E-state index in [1.54, 1.807) is 0 Å². The summed E-state index contributed by atoms with van der Waals surface area (Å²) in [5.41, 5.74) is 1.26. The van der Waals surface area contributed by atoms with Gasteiger partial charge < -0.3 is 10.1 Å². The van der Waals surface area contributed by atoms with Gasteiger partial charge in [-0.2, -0.15) is 0 Å². The Labute approximate surface area is 118 Å². The standard InChI is InChI=1S/C15H22BrNO/c1-2-9-17-11-15(18-14-7-4-8-14)12-5-3-6-13(16)10-12/h3,5-6,10,14-15,17H,2,4,7-9,11H2,1H3.